The van der Waals surface area contributed by atoms with Crippen molar-refractivity contribution in [1.29, 1.82) is 0 Å². The third-order valence-corrected chi connectivity index (χ3v) is 1.77. The van der Waals surface area contributed by atoms with Gasteiger partial charge in [-0.1, -0.05) is 45.2 Å². The van der Waals surface area contributed by atoms with Gasteiger partial charge >= 0.3 is 5.97 Å². The number of carbonyl (C=O) groups is 1. The van der Waals surface area contributed by atoms with Gasteiger partial charge < -0.3 is 4.74 Å². The summed E-state index contributed by atoms with van der Waals surface area (Å²) < 4.78 is 5.19. The molecule has 0 saturated heterocycles. The van der Waals surface area contributed by atoms with Crippen LogP contribution in [0.2, 0.25) is 0 Å². The van der Waals surface area contributed by atoms with E-state index in [0.717, 1.165) is 5.57 Å². The van der Waals surface area contributed by atoms with Gasteiger partial charge in [-0.2, -0.15) is 0 Å². The number of hydrogen-bond acceptors (Lipinski definition) is 2. The molecule has 0 aromatic heterocycles. The lowest BCUT2D eigenvalue weighted by molar-refractivity contribution is -0.146. The Morgan fingerprint density at radius 1 is 1.36 bits per heavy atom. The van der Waals surface area contributed by atoms with Crippen LogP contribution in [0.4, 0.5) is 0 Å². The Balaban J connectivity index is 4.77. The molecule has 0 radical (unpaired) electrons. The van der Waals surface area contributed by atoms with Crippen molar-refractivity contribution in [2.45, 2.75) is 26.9 Å². The molecule has 0 bridgehead atoms. The summed E-state index contributed by atoms with van der Waals surface area (Å²) in [6.07, 6.45) is 4.93. The molecule has 1 atom stereocenters. The minimum absolute atomic E-state index is 0.225. The summed E-state index contributed by atoms with van der Waals surface area (Å²) in [4.78, 5) is 10.9. The summed E-state index contributed by atoms with van der Waals surface area (Å²) >= 11 is 0. The number of rotatable bonds is 5. The zero-order valence-electron chi connectivity index (χ0n) is 9.12. The van der Waals surface area contributed by atoms with Crippen LogP contribution in [0.1, 0.15) is 20.8 Å². The Labute approximate surface area is 86.0 Å². The van der Waals surface area contributed by atoms with Gasteiger partial charge in [-0.05, 0) is 11.5 Å². The summed E-state index contributed by atoms with van der Waals surface area (Å²) in [7, 11) is 0. The maximum absolute atomic E-state index is 10.9. The molecule has 78 valence electrons. The van der Waals surface area contributed by atoms with Crippen molar-refractivity contribution < 1.29 is 9.53 Å². The SMILES string of the molecule is C=C/C=C(\C=C)C(OC(C)=O)C(C)C. The Bertz CT molecular complexity index is 249. The fourth-order valence-electron chi connectivity index (χ4n) is 1.18. The molecule has 0 aromatic rings. The highest BCUT2D eigenvalue weighted by atomic mass is 16.5. The smallest absolute Gasteiger partial charge is 0.303 e. The van der Waals surface area contributed by atoms with E-state index in [1.807, 2.05) is 13.8 Å². The second kappa shape index (κ2) is 6.19. The first-order valence-electron chi connectivity index (χ1n) is 4.65. The lowest BCUT2D eigenvalue weighted by atomic mass is 9.98. The van der Waals surface area contributed by atoms with Crippen LogP contribution in [0.25, 0.3) is 0 Å². The van der Waals surface area contributed by atoms with Gasteiger partial charge in [0.05, 0.1) is 0 Å². The molecule has 0 aliphatic carbocycles. The van der Waals surface area contributed by atoms with Crippen molar-refractivity contribution in [3.8, 4) is 0 Å². The predicted octanol–water partition coefficient (Wildman–Crippen LogP) is 2.87. The van der Waals surface area contributed by atoms with Gasteiger partial charge in [-0.15, -0.1) is 0 Å². The molecule has 0 spiro atoms. The fraction of sp³-hybridized carbons (Fsp3) is 0.417. The van der Waals surface area contributed by atoms with Crippen LogP contribution in [0.3, 0.4) is 0 Å². The van der Waals surface area contributed by atoms with E-state index in [4.69, 9.17) is 4.74 Å². The van der Waals surface area contributed by atoms with Crippen molar-refractivity contribution in [2.75, 3.05) is 0 Å². The summed E-state index contributed by atoms with van der Waals surface area (Å²) in [5.74, 6) is -0.0522. The Morgan fingerprint density at radius 2 is 1.93 bits per heavy atom. The van der Waals surface area contributed by atoms with Gasteiger partial charge in [0.1, 0.15) is 6.10 Å². The third-order valence-electron chi connectivity index (χ3n) is 1.77. The highest BCUT2D eigenvalue weighted by molar-refractivity contribution is 5.66. The molecule has 2 heteroatoms. The summed E-state index contributed by atoms with van der Waals surface area (Å²) in [6, 6.07) is 0. The van der Waals surface area contributed by atoms with E-state index in [2.05, 4.69) is 13.2 Å². The molecule has 0 fully saturated rings. The van der Waals surface area contributed by atoms with Gasteiger partial charge in [0.15, 0.2) is 0 Å². The number of allylic oxidation sites excluding steroid dienone is 2. The van der Waals surface area contributed by atoms with E-state index in [9.17, 15) is 4.79 Å². The van der Waals surface area contributed by atoms with E-state index < -0.39 is 0 Å². The first-order chi connectivity index (χ1) is 6.52. The van der Waals surface area contributed by atoms with E-state index in [1.165, 1.54) is 6.92 Å². The molecule has 1 unspecified atom stereocenters. The van der Waals surface area contributed by atoms with Gasteiger partial charge in [-0.25, -0.2) is 0 Å². The third kappa shape index (κ3) is 4.08. The molecule has 14 heavy (non-hydrogen) atoms. The average Bonchev–Trinajstić information content (AvgIpc) is 2.10. The molecule has 0 N–H and O–H groups in total. The first kappa shape index (κ1) is 12.7. The number of hydrogen-bond donors (Lipinski definition) is 0. The van der Waals surface area contributed by atoms with Gasteiger partial charge in [0.25, 0.3) is 0 Å². The minimum Gasteiger partial charge on any atom is -0.457 e. The van der Waals surface area contributed by atoms with E-state index in [1.54, 1.807) is 18.2 Å². The summed E-state index contributed by atoms with van der Waals surface area (Å²) in [5, 5.41) is 0. The Hall–Kier alpha value is -1.31. The lowest BCUT2D eigenvalue weighted by Gasteiger charge is -2.21. The van der Waals surface area contributed by atoms with Crippen molar-refractivity contribution in [2.24, 2.45) is 5.92 Å². The fourth-order valence-corrected chi connectivity index (χ4v) is 1.18. The normalized spacial score (nSPS) is 13.6. The zero-order chi connectivity index (χ0) is 11.1. The van der Waals surface area contributed by atoms with E-state index >= 15 is 0 Å². The van der Waals surface area contributed by atoms with Gasteiger partial charge in [0.2, 0.25) is 0 Å². The van der Waals surface area contributed by atoms with Crippen LogP contribution < -0.4 is 0 Å². The van der Waals surface area contributed by atoms with Crippen LogP contribution in [-0.2, 0) is 9.53 Å². The molecule has 0 saturated carbocycles. The molecule has 0 aromatic carbocycles. The molecule has 0 amide bonds. The van der Waals surface area contributed by atoms with Crippen LogP contribution in [0.5, 0.6) is 0 Å². The molecule has 2 nitrogen and oxygen atoms in total. The maximum Gasteiger partial charge on any atom is 0.303 e. The largest absolute Gasteiger partial charge is 0.457 e. The first-order valence-corrected chi connectivity index (χ1v) is 4.65. The summed E-state index contributed by atoms with van der Waals surface area (Å²) in [5.41, 5.74) is 0.880. The number of ether oxygens (including phenoxy) is 1. The molecule has 0 aliphatic rings. The van der Waals surface area contributed by atoms with Crippen molar-refractivity contribution in [3.05, 3.63) is 37.0 Å². The minimum atomic E-state index is -0.277. The maximum atomic E-state index is 10.9. The topological polar surface area (TPSA) is 26.3 Å². The highest BCUT2D eigenvalue weighted by Gasteiger charge is 2.18. The van der Waals surface area contributed by atoms with Gasteiger partial charge in [-0.3, -0.25) is 4.79 Å². The zero-order valence-corrected chi connectivity index (χ0v) is 9.12. The Morgan fingerprint density at radius 3 is 2.21 bits per heavy atom. The number of esters is 1. The molecular formula is C12H18O2. The quantitative estimate of drug-likeness (QED) is 0.497. The van der Waals surface area contributed by atoms with E-state index in [-0.39, 0.29) is 18.0 Å². The van der Waals surface area contributed by atoms with Crippen LogP contribution >= 0.6 is 0 Å². The molecule has 0 rings (SSSR count). The van der Waals surface area contributed by atoms with Gasteiger partial charge in [0, 0.05) is 6.92 Å². The average molecular weight is 194 g/mol. The van der Waals surface area contributed by atoms with Crippen molar-refractivity contribution >= 4 is 5.97 Å². The standard InChI is InChI=1S/C12H18O2/c1-6-8-11(7-2)12(9(3)4)14-10(5)13/h6-9,12H,1-2H2,3-5H3/b11-8+. The molecule has 0 heterocycles. The highest BCUT2D eigenvalue weighted by Crippen LogP contribution is 2.17. The van der Waals surface area contributed by atoms with Crippen LogP contribution in [0, 0.1) is 5.92 Å². The summed E-state index contributed by atoms with van der Waals surface area (Å²) in [6.45, 7) is 12.7. The Kier molecular flexibility index (Phi) is 5.61. The van der Waals surface area contributed by atoms with E-state index in [0.29, 0.717) is 0 Å². The predicted molar refractivity (Wildman–Crippen MR) is 58.9 cm³/mol. The lowest BCUT2D eigenvalue weighted by Crippen LogP contribution is -2.23. The number of carbonyl (C=O) groups excluding carboxylic acids is 1. The van der Waals surface area contributed by atoms with Crippen molar-refractivity contribution in [1.82, 2.24) is 0 Å². The second-order valence-corrected chi connectivity index (χ2v) is 3.38. The van der Waals surface area contributed by atoms with Crippen LogP contribution in [-0.4, -0.2) is 12.1 Å². The van der Waals surface area contributed by atoms with Crippen LogP contribution in [0.15, 0.2) is 37.0 Å². The van der Waals surface area contributed by atoms with Crippen molar-refractivity contribution in [3.63, 3.8) is 0 Å². The monoisotopic (exact) mass is 194 g/mol. The molecule has 0 aliphatic heterocycles. The second-order valence-electron chi connectivity index (χ2n) is 3.38. The molecular weight excluding hydrogens is 176 g/mol.